The highest BCUT2D eigenvalue weighted by molar-refractivity contribution is 5.94. The predicted molar refractivity (Wildman–Crippen MR) is 80.1 cm³/mol. The summed E-state index contributed by atoms with van der Waals surface area (Å²) in [5, 5.41) is 22.8. The molecule has 0 aromatic heterocycles. The summed E-state index contributed by atoms with van der Waals surface area (Å²) in [5.74, 6) is -1.43. The van der Waals surface area contributed by atoms with Gasteiger partial charge in [-0.05, 0) is 36.1 Å². The molecule has 6 nitrogen and oxygen atoms in total. The summed E-state index contributed by atoms with van der Waals surface area (Å²) in [7, 11) is 1.42. The van der Waals surface area contributed by atoms with Gasteiger partial charge < -0.3 is 25.1 Å². The number of carbonyl (C=O) groups excluding carboxylic acids is 2. The molecule has 6 heteroatoms. The van der Waals surface area contributed by atoms with Crippen LogP contribution in [0.2, 0.25) is 0 Å². The first kappa shape index (κ1) is 17.6. The van der Waals surface area contributed by atoms with E-state index in [0.29, 0.717) is 12.0 Å². The van der Waals surface area contributed by atoms with E-state index in [0.717, 1.165) is 0 Å². The van der Waals surface area contributed by atoms with Crippen molar-refractivity contribution in [1.82, 2.24) is 5.32 Å². The fourth-order valence-electron chi connectivity index (χ4n) is 1.88. The fraction of sp³-hybridized carbons (Fsp3) is 0.375. The summed E-state index contributed by atoms with van der Waals surface area (Å²) < 4.78 is 4.96. The topological polar surface area (TPSA) is 98.7 Å². The van der Waals surface area contributed by atoms with E-state index in [4.69, 9.17) is 4.74 Å². The molecule has 1 aromatic carbocycles. The van der Waals surface area contributed by atoms with Gasteiger partial charge in [0.15, 0.2) is 11.5 Å². The van der Waals surface area contributed by atoms with Crippen LogP contribution in [0.25, 0.3) is 6.08 Å². The summed E-state index contributed by atoms with van der Waals surface area (Å²) in [6.07, 6.45) is 3.02. The molecule has 0 aliphatic rings. The van der Waals surface area contributed by atoms with E-state index in [-0.39, 0.29) is 17.4 Å². The van der Waals surface area contributed by atoms with Crippen LogP contribution in [0.3, 0.4) is 0 Å². The van der Waals surface area contributed by atoms with Crippen molar-refractivity contribution in [2.75, 3.05) is 7.11 Å². The minimum Gasteiger partial charge on any atom is -0.548 e. The minimum absolute atomic E-state index is 0.00181. The number of aromatic hydroxyl groups is 1. The van der Waals surface area contributed by atoms with Gasteiger partial charge in [0.25, 0.3) is 0 Å². The predicted octanol–water partition coefficient (Wildman–Crippen LogP) is 0.695. The highest BCUT2D eigenvalue weighted by Gasteiger charge is 2.13. The van der Waals surface area contributed by atoms with Gasteiger partial charge in [0.1, 0.15) is 0 Å². The van der Waals surface area contributed by atoms with Crippen LogP contribution in [-0.2, 0) is 9.59 Å². The zero-order valence-electron chi connectivity index (χ0n) is 12.8. The third kappa shape index (κ3) is 5.47. The lowest BCUT2D eigenvalue weighted by Gasteiger charge is -2.20. The number of carboxylic acids is 1. The molecule has 0 bridgehead atoms. The molecule has 22 heavy (non-hydrogen) atoms. The molecule has 1 atom stereocenters. The summed E-state index contributed by atoms with van der Waals surface area (Å²) >= 11 is 0. The van der Waals surface area contributed by atoms with E-state index in [1.54, 1.807) is 12.1 Å². The number of benzene rings is 1. The number of phenols is 1. The van der Waals surface area contributed by atoms with Gasteiger partial charge in [-0.3, -0.25) is 4.79 Å². The Labute approximate surface area is 129 Å². The molecular formula is C16H20NO5-. The van der Waals surface area contributed by atoms with E-state index in [9.17, 15) is 19.8 Å². The minimum atomic E-state index is -1.30. The molecule has 0 aliphatic heterocycles. The standard InChI is InChI=1S/C16H21NO5/c1-10(2)8-12(16(20)21)17-15(19)7-5-11-4-6-13(18)14(9-11)22-3/h4-7,9-10,12,18H,8H2,1-3H3,(H,17,19)(H,20,21)/p-1/b7-5+/t12-/m0/s1. The van der Waals surface area contributed by atoms with Crippen LogP contribution in [-0.4, -0.2) is 30.1 Å². The normalized spacial score (nSPS) is 12.4. The number of ether oxygens (including phenoxy) is 1. The number of aliphatic carboxylic acids is 1. The monoisotopic (exact) mass is 306 g/mol. The van der Waals surface area contributed by atoms with Gasteiger partial charge in [-0.25, -0.2) is 0 Å². The van der Waals surface area contributed by atoms with E-state index in [1.807, 2.05) is 13.8 Å². The van der Waals surface area contributed by atoms with Crippen molar-refractivity contribution >= 4 is 18.0 Å². The Bertz CT molecular complexity index is 566. The Morgan fingerprint density at radius 3 is 2.64 bits per heavy atom. The second-order valence-corrected chi connectivity index (χ2v) is 5.27. The number of carbonyl (C=O) groups is 2. The molecule has 0 aliphatic carbocycles. The van der Waals surface area contributed by atoms with Gasteiger partial charge in [0, 0.05) is 6.08 Å². The van der Waals surface area contributed by atoms with E-state index < -0.39 is 17.9 Å². The van der Waals surface area contributed by atoms with Crippen molar-refractivity contribution in [2.45, 2.75) is 26.3 Å². The molecule has 0 saturated heterocycles. The molecule has 0 fully saturated rings. The summed E-state index contributed by atoms with van der Waals surface area (Å²) in [6.45, 7) is 3.72. The van der Waals surface area contributed by atoms with E-state index >= 15 is 0 Å². The SMILES string of the molecule is COc1cc(/C=C/C(=O)N[C@@H](CC(C)C)C(=O)[O-])ccc1O. The number of hydrogen-bond donors (Lipinski definition) is 2. The number of methoxy groups -OCH3 is 1. The van der Waals surface area contributed by atoms with Gasteiger partial charge in [0.05, 0.1) is 19.1 Å². The number of rotatable bonds is 7. The molecule has 0 radical (unpaired) electrons. The second kappa shape index (κ2) is 8.07. The van der Waals surface area contributed by atoms with Crippen LogP contribution in [0.4, 0.5) is 0 Å². The van der Waals surface area contributed by atoms with Crippen LogP contribution < -0.4 is 15.2 Å². The van der Waals surface area contributed by atoms with E-state index in [1.165, 1.54) is 25.3 Å². The highest BCUT2D eigenvalue weighted by Crippen LogP contribution is 2.26. The number of carboxylic acid groups (broad SMARTS) is 1. The summed E-state index contributed by atoms with van der Waals surface area (Å²) in [5.41, 5.74) is 0.638. The lowest BCUT2D eigenvalue weighted by molar-refractivity contribution is -0.308. The van der Waals surface area contributed by atoms with Gasteiger partial charge in [-0.15, -0.1) is 0 Å². The van der Waals surface area contributed by atoms with Crippen molar-refractivity contribution in [3.05, 3.63) is 29.8 Å². The third-order valence-corrected chi connectivity index (χ3v) is 2.94. The first-order chi connectivity index (χ1) is 10.3. The van der Waals surface area contributed by atoms with Crippen LogP contribution in [0, 0.1) is 5.92 Å². The second-order valence-electron chi connectivity index (χ2n) is 5.27. The average Bonchev–Trinajstić information content (AvgIpc) is 2.45. The van der Waals surface area contributed by atoms with Crippen molar-refractivity contribution in [2.24, 2.45) is 5.92 Å². The first-order valence-electron chi connectivity index (χ1n) is 6.90. The zero-order chi connectivity index (χ0) is 16.7. The Hall–Kier alpha value is -2.50. The lowest BCUT2D eigenvalue weighted by atomic mass is 10.0. The van der Waals surface area contributed by atoms with Crippen molar-refractivity contribution < 1.29 is 24.5 Å². The molecule has 0 heterocycles. The Balaban J connectivity index is 2.72. The van der Waals surface area contributed by atoms with Crippen molar-refractivity contribution in [3.8, 4) is 11.5 Å². The average molecular weight is 306 g/mol. The molecule has 0 saturated carbocycles. The third-order valence-electron chi connectivity index (χ3n) is 2.94. The maximum absolute atomic E-state index is 11.8. The largest absolute Gasteiger partial charge is 0.548 e. The number of hydrogen-bond acceptors (Lipinski definition) is 5. The number of amides is 1. The summed E-state index contributed by atoms with van der Waals surface area (Å²) in [4.78, 5) is 22.7. The smallest absolute Gasteiger partial charge is 0.244 e. The molecule has 120 valence electrons. The van der Waals surface area contributed by atoms with Crippen LogP contribution in [0.15, 0.2) is 24.3 Å². The zero-order valence-corrected chi connectivity index (χ0v) is 12.8. The first-order valence-corrected chi connectivity index (χ1v) is 6.90. The summed E-state index contributed by atoms with van der Waals surface area (Å²) in [6, 6.07) is 3.58. The quantitative estimate of drug-likeness (QED) is 0.722. The molecule has 1 aromatic rings. The molecule has 1 amide bonds. The van der Waals surface area contributed by atoms with E-state index in [2.05, 4.69) is 5.32 Å². The van der Waals surface area contributed by atoms with Crippen molar-refractivity contribution in [3.63, 3.8) is 0 Å². The van der Waals surface area contributed by atoms with Crippen LogP contribution in [0.5, 0.6) is 11.5 Å². The molecular weight excluding hydrogens is 286 g/mol. The lowest BCUT2D eigenvalue weighted by Crippen LogP contribution is -2.48. The fourth-order valence-corrected chi connectivity index (χ4v) is 1.88. The van der Waals surface area contributed by atoms with Crippen molar-refractivity contribution in [1.29, 1.82) is 0 Å². The van der Waals surface area contributed by atoms with Gasteiger partial charge >= 0.3 is 0 Å². The number of phenolic OH excluding ortho intramolecular Hbond substituents is 1. The number of nitrogens with one attached hydrogen (secondary N) is 1. The molecule has 2 N–H and O–H groups in total. The Kier molecular flexibility index (Phi) is 6.44. The van der Waals surface area contributed by atoms with Gasteiger partial charge in [0.2, 0.25) is 5.91 Å². The molecule has 0 unspecified atom stereocenters. The van der Waals surface area contributed by atoms with Gasteiger partial charge in [-0.2, -0.15) is 0 Å². The van der Waals surface area contributed by atoms with Crippen LogP contribution >= 0.6 is 0 Å². The molecule has 1 rings (SSSR count). The highest BCUT2D eigenvalue weighted by atomic mass is 16.5. The Morgan fingerprint density at radius 2 is 2.09 bits per heavy atom. The molecule has 0 spiro atoms. The van der Waals surface area contributed by atoms with Crippen LogP contribution in [0.1, 0.15) is 25.8 Å². The maximum Gasteiger partial charge on any atom is 0.244 e. The maximum atomic E-state index is 11.8. The Morgan fingerprint density at radius 1 is 1.41 bits per heavy atom. The van der Waals surface area contributed by atoms with Gasteiger partial charge in [-0.1, -0.05) is 19.9 Å².